The predicted molar refractivity (Wildman–Crippen MR) is 76.5 cm³/mol. The zero-order valence-electron chi connectivity index (χ0n) is 11.2. The summed E-state index contributed by atoms with van der Waals surface area (Å²) in [6, 6.07) is 5.52. The van der Waals surface area contributed by atoms with Gasteiger partial charge in [0.25, 0.3) is 5.91 Å². The van der Waals surface area contributed by atoms with Gasteiger partial charge in [-0.05, 0) is 31.9 Å². The fourth-order valence-electron chi connectivity index (χ4n) is 2.28. The third-order valence-electron chi connectivity index (χ3n) is 3.73. The fourth-order valence-corrected chi connectivity index (χ4v) is 3.28. The number of aryl methyl sites for hydroxylation is 1. The molecule has 2 aromatic rings. The summed E-state index contributed by atoms with van der Waals surface area (Å²) in [6.07, 6.45) is -4.58. The minimum atomic E-state index is -4.43. The molecule has 0 saturated heterocycles. The Labute approximate surface area is 122 Å². The first-order valence-electron chi connectivity index (χ1n) is 6.41. The second kappa shape index (κ2) is 4.37. The van der Waals surface area contributed by atoms with Crippen LogP contribution in [-0.4, -0.2) is 17.6 Å². The molecule has 0 bridgehead atoms. The largest absolute Gasteiger partial charge is 0.411 e. The number of benzene rings is 1. The number of nitrogen functional groups attached to an aromatic ring is 1. The Hall–Kier alpha value is -1.76. The van der Waals surface area contributed by atoms with Gasteiger partial charge in [-0.2, -0.15) is 13.2 Å². The maximum Gasteiger partial charge on any atom is 0.411 e. The van der Waals surface area contributed by atoms with E-state index in [4.69, 9.17) is 5.73 Å². The van der Waals surface area contributed by atoms with Crippen molar-refractivity contribution in [3.05, 3.63) is 28.6 Å². The second-order valence-electron chi connectivity index (χ2n) is 5.38. The van der Waals surface area contributed by atoms with E-state index in [1.54, 1.807) is 0 Å². The molecule has 1 heterocycles. The van der Waals surface area contributed by atoms with Gasteiger partial charge in [-0.25, -0.2) is 0 Å². The first kappa shape index (κ1) is 14.2. The van der Waals surface area contributed by atoms with E-state index < -0.39 is 17.6 Å². The molecule has 1 fully saturated rings. The highest BCUT2D eigenvalue weighted by Gasteiger charge is 2.64. The number of fused-ring (bicyclic) bond motifs is 1. The van der Waals surface area contributed by atoms with E-state index in [-0.39, 0.29) is 23.4 Å². The van der Waals surface area contributed by atoms with Gasteiger partial charge in [-0.15, -0.1) is 11.3 Å². The van der Waals surface area contributed by atoms with Gasteiger partial charge in [0.05, 0.1) is 5.69 Å². The van der Waals surface area contributed by atoms with Crippen LogP contribution in [0.15, 0.2) is 18.2 Å². The maximum absolute atomic E-state index is 12.9. The number of anilines is 1. The lowest BCUT2D eigenvalue weighted by molar-refractivity contribution is -0.163. The third-order valence-corrected chi connectivity index (χ3v) is 4.92. The molecule has 0 aliphatic heterocycles. The summed E-state index contributed by atoms with van der Waals surface area (Å²) in [5, 5.41) is 2.82. The van der Waals surface area contributed by atoms with Gasteiger partial charge in [0.1, 0.15) is 10.4 Å². The topological polar surface area (TPSA) is 55.1 Å². The highest BCUT2D eigenvalue weighted by molar-refractivity contribution is 7.21. The molecule has 1 aliphatic carbocycles. The average molecular weight is 314 g/mol. The summed E-state index contributed by atoms with van der Waals surface area (Å²) >= 11 is 1.12. The summed E-state index contributed by atoms with van der Waals surface area (Å²) < 4.78 is 39.5. The molecule has 1 aliphatic rings. The standard InChI is InChI=1S/C14H13F3N2OS/c1-7-2-3-9-8(6-7)10(18)11(21-9)12(20)19-13(4-5-13)14(15,16)17/h2-3,6H,4-5,18H2,1H3,(H,19,20). The van der Waals surface area contributed by atoms with Gasteiger partial charge in [-0.1, -0.05) is 11.6 Å². The Morgan fingerprint density at radius 2 is 2.05 bits per heavy atom. The molecule has 3 rings (SSSR count). The minimum Gasteiger partial charge on any atom is -0.397 e. The first-order chi connectivity index (χ1) is 9.73. The van der Waals surface area contributed by atoms with Crippen molar-refractivity contribution in [3.63, 3.8) is 0 Å². The molecular weight excluding hydrogens is 301 g/mol. The Balaban J connectivity index is 1.94. The number of halogens is 3. The van der Waals surface area contributed by atoms with Crippen molar-refractivity contribution in [1.82, 2.24) is 5.32 Å². The summed E-state index contributed by atoms with van der Waals surface area (Å²) in [5.41, 5.74) is 5.08. The SMILES string of the molecule is Cc1ccc2sc(C(=O)NC3(C(F)(F)F)CC3)c(N)c2c1. The van der Waals surface area contributed by atoms with Gasteiger partial charge in [0.15, 0.2) is 0 Å². The van der Waals surface area contributed by atoms with Crippen molar-refractivity contribution in [1.29, 1.82) is 0 Å². The Morgan fingerprint density at radius 3 is 2.62 bits per heavy atom. The van der Waals surface area contributed by atoms with E-state index >= 15 is 0 Å². The number of hydrogen-bond donors (Lipinski definition) is 2. The third kappa shape index (κ3) is 2.25. The summed E-state index contributed by atoms with van der Waals surface area (Å²) in [5.74, 6) is -0.749. The van der Waals surface area contributed by atoms with Crippen LogP contribution < -0.4 is 11.1 Å². The molecule has 0 unspecified atom stereocenters. The molecule has 1 saturated carbocycles. The van der Waals surface area contributed by atoms with Gasteiger partial charge in [0.2, 0.25) is 0 Å². The van der Waals surface area contributed by atoms with Crippen LogP contribution in [0.3, 0.4) is 0 Å². The lowest BCUT2D eigenvalue weighted by Crippen LogP contribution is -2.47. The number of carbonyl (C=O) groups is 1. The quantitative estimate of drug-likeness (QED) is 0.889. The highest BCUT2D eigenvalue weighted by atomic mass is 32.1. The van der Waals surface area contributed by atoms with E-state index in [9.17, 15) is 18.0 Å². The van der Waals surface area contributed by atoms with Crippen molar-refractivity contribution in [3.8, 4) is 0 Å². The van der Waals surface area contributed by atoms with Crippen LogP contribution in [0, 0.1) is 6.92 Å². The van der Waals surface area contributed by atoms with Gasteiger partial charge < -0.3 is 11.1 Å². The fraction of sp³-hybridized carbons (Fsp3) is 0.357. The van der Waals surface area contributed by atoms with Crippen LogP contribution in [0.4, 0.5) is 18.9 Å². The Morgan fingerprint density at radius 1 is 1.38 bits per heavy atom. The summed E-state index contributed by atoms with van der Waals surface area (Å²) in [6.45, 7) is 1.89. The van der Waals surface area contributed by atoms with Crippen LogP contribution >= 0.6 is 11.3 Å². The number of nitrogens with two attached hydrogens (primary N) is 1. The van der Waals surface area contributed by atoms with Crippen molar-refractivity contribution < 1.29 is 18.0 Å². The van der Waals surface area contributed by atoms with Gasteiger partial charge in [0, 0.05) is 10.1 Å². The van der Waals surface area contributed by atoms with Crippen LogP contribution in [0.25, 0.3) is 10.1 Å². The number of nitrogens with one attached hydrogen (secondary N) is 1. The average Bonchev–Trinajstić information content (AvgIpc) is 3.10. The zero-order chi connectivity index (χ0) is 15.4. The maximum atomic E-state index is 12.9. The van der Waals surface area contributed by atoms with Crippen LogP contribution in [0.5, 0.6) is 0 Å². The summed E-state index contributed by atoms with van der Waals surface area (Å²) in [4.78, 5) is 12.3. The Kier molecular flexibility index (Phi) is 2.95. The molecule has 3 nitrogen and oxygen atoms in total. The van der Waals surface area contributed by atoms with Crippen molar-refractivity contribution in [2.45, 2.75) is 31.5 Å². The molecular formula is C14H13F3N2OS. The molecule has 0 atom stereocenters. The second-order valence-corrected chi connectivity index (χ2v) is 6.43. The van der Waals surface area contributed by atoms with Gasteiger partial charge in [-0.3, -0.25) is 4.79 Å². The normalized spacial score (nSPS) is 17.0. The summed E-state index contributed by atoms with van der Waals surface area (Å²) in [7, 11) is 0. The number of rotatable bonds is 2. The van der Waals surface area contributed by atoms with Crippen LogP contribution in [-0.2, 0) is 0 Å². The molecule has 1 aromatic carbocycles. The molecule has 0 radical (unpaired) electrons. The Bertz CT molecular complexity index is 732. The van der Waals surface area contributed by atoms with E-state index in [2.05, 4.69) is 5.32 Å². The molecule has 21 heavy (non-hydrogen) atoms. The van der Waals surface area contributed by atoms with E-state index in [1.807, 2.05) is 25.1 Å². The van der Waals surface area contributed by atoms with E-state index in [1.165, 1.54) is 0 Å². The molecule has 112 valence electrons. The first-order valence-corrected chi connectivity index (χ1v) is 7.23. The number of amides is 1. The van der Waals surface area contributed by atoms with E-state index in [0.717, 1.165) is 21.6 Å². The zero-order valence-corrected chi connectivity index (χ0v) is 12.0. The lowest BCUT2D eigenvalue weighted by atomic mass is 10.1. The molecule has 1 amide bonds. The van der Waals surface area contributed by atoms with Crippen LogP contribution in [0.1, 0.15) is 28.1 Å². The minimum absolute atomic E-state index is 0.0772. The predicted octanol–water partition coefficient (Wildman–Crippen LogP) is 3.62. The number of carbonyl (C=O) groups excluding carboxylic acids is 1. The van der Waals surface area contributed by atoms with Crippen molar-refractivity contribution in [2.24, 2.45) is 0 Å². The molecule has 3 N–H and O–H groups in total. The number of thiophene rings is 1. The number of alkyl halides is 3. The van der Waals surface area contributed by atoms with E-state index in [0.29, 0.717) is 5.39 Å². The van der Waals surface area contributed by atoms with Crippen LogP contribution in [0.2, 0.25) is 0 Å². The molecule has 7 heteroatoms. The smallest absolute Gasteiger partial charge is 0.397 e. The monoisotopic (exact) mass is 314 g/mol. The number of hydrogen-bond acceptors (Lipinski definition) is 3. The van der Waals surface area contributed by atoms with Crippen molar-refractivity contribution in [2.75, 3.05) is 5.73 Å². The van der Waals surface area contributed by atoms with Gasteiger partial charge >= 0.3 is 6.18 Å². The highest BCUT2D eigenvalue weighted by Crippen LogP contribution is 2.49. The molecule has 0 spiro atoms. The lowest BCUT2D eigenvalue weighted by Gasteiger charge is -2.20. The molecule has 1 aromatic heterocycles. The van der Waals surface area contributed by atoms with Crippen molar-refractivity contribution >= 4 is 33.0 Å².